The van der Waals surface area contributed by atoms with Gasteiger partial charge in [0.15, 0.2) is 5.82 Å². The summed E-state index contributed by atoms with van der Waals surface area (Å²) >= 11 is 0. The molecule has 1 atom stereocenters. The quantitative estimate of drug-likeness (QED) is 0.740. The van der Waals surface area contributed by atoms with Crippen LogP contribution in [0.3, 0.4) is 0 Å². The Labute approximate surface area is 103 Å². The normalized spacial score (nSPS) is 12.1. The van der Waals surface area contributed by atoms with Crippen molar-refractivity contribution in [2.45, 2.75) is 19.9 Å². The lowest BCUT2D eigenvalue weighted by molar-refractivity contribution is 0.0938. The summed E-state index contributed by atoms with van der Waals surface area (Å²) in [6.07, 6.45) is 0. The summed E-state index contributed by atoms with van der Waals surface area (Å²) in [4.78, 5) is 11.9. The Morgan fingerprint density at radius 2 is 2.28 bits per heavy atom. The first-order chi connectivity index (χ1) is 8.58. The number of hydrogen-bond acceptors (Lipinski definition) is 5. The van der Waals surface area contributed by atoms with Gasteiger partial charge in [0.05, 0.1) is 6.04 Å². The summed E-state index contributed by atoms with van der Waals surface area (Å²) in [6.45, 7) is 3.49. The Kier molecular flexibility index (Phi) is 3.22. The van der Waals surface area contributed by atoms with Crippen molar-refractivity contribution >= 4 is 5.91 Å². The highest BCUT2D eigenvalue weighted by molar-refractivity contribution is 5.94. The third-order valence-corrected chi connectivity index (χ3v) is 2.56. The number of amides is 1. The largest absolute Gasteiger partial charge is 0.508 e. The highest BCUT2D eigenvalue weighted by Crippen LogP contribution is 2.17. The molecule has 0 saturated heterocycles. The van der Waals surface area contributed by atoms with Gasteiger partial charge >= 0.3 is 0 Å². The van der Waals surface area contributed by atoms with Crippen LogP contribution in [0.15, 0.2) is 18.2 Å². The van der Waals surface area contributed by atoms with Crippen molar-refractivity contribution in [3.8, 4) is 5.75 Å². The number of rotatable bonds is 3. The first kappa shape index (κ1) is 12.0. The maximum atomic E-state index is 11.9. The molecule has 0 spiro atoms. The molecule has 1 aromatic heterocycles. The van der Waals surface area contributed by atoms with E-state index in [4.69, 9.17) is 0 Å². The lowest BCUT2D eigenvalue weighted by atomic mass is 10.1. The van der Waals surface area contributed by atoms with Gasteiger partial charge in [0.2, 0.25) is 0 Å². The Morgan fingerprint density at radius 1 is 1.50 bits per heavy atom. The van der Waals surface area contributed by atoms with E-state index in [1.807, 2.05) is 0 Å². The van der Waals surface area contributed by atoms with E-state index in [9.17, 15) is 9.90 Å². The van der Waals surface area contributed by atoms with E-state index in [1.165, 1.54) is 6.07 Å². The number of aromatic amines is 1. The van der Waals surface area contributed by atoms with Crippen LogP contribution in [0.25, 0.3) is 0 Å². The van der Waals surface area contributed by atoms with Gasteiger partial charge in [0.25, 0.3) is 5.91 Å². The van der Waals surface area contributed by atoms with Crippen LogP contribution in [-0.2, 0) is 0 Å². The number of phenols is 1. The highest BCUT2D eigenvalue weighted by atomic mass is 16.3. The Bertz CT molecular complexity index is 553. The number of nitrogens with one attached hydrogen (secondary N) is 2. The second kappa shape index (κ2) is 4.82. The molecule has 0 saturated carbocycles. The summed E-state index contributed by atoms with van der Waals surface area (Å²) in [5, 5.41) is 25.5. The molecule has 0 aliphatic heterocycles. The Hall–Kier alpha value is -2.44. The first-order valence-electron chi connectivity index (χ1n) is 5.41. The molecule has 0 bridgehead atoms. The maximum Gasteiger partial charge on any atom is 0.251 e. The van der Waals surface area contributed by atoms with Gasteiger partial charge in [-0.15, -0.1) is 10.2 Å². The first-order valence-corrected chi connectivity index (χ1v) is 5.41. The molecule has 7 heteroatoms. The van der Waals surface area contributed by atoms with Crippen molar-refractivity contribution < 1.29 is 9.90 Å². The number of benzene rings is 1. The zero-order valence-electron chi connectivity index (χ0n) is 10.0. The number of nitrogens with zero attached hydrogens (tertiary/aromatic N) is 3. The highest BCUT2D eigenvalue weighted by Gasteiger charge is 2.15. The summed E-state index contributed by atoms with van der Waals surface area (Å²) in [6, 6.07) is 4.32. The van der Waals surface area contributed by atoms with E-state index in [-0.39, 0.29) is 17.7 Å². The molecule has 7 nitrogen and oxygen atoms in total. The molecule has 0 aliphatic rings. The molecule has 3 N–H and O–H groups in total. The van der Waals surface area contributed by atoms with Crippen LogP contribution in [0.4, 0.5) is 0 Å². The molecular formula is C11H13N5O2. The molecular weight excluding hydrogens is 234 g/mol. The zero-order valence-corrected chi connectivity index (χ0v) is 10.0. The second-order valence-corrected chi connectivity index (χ2v) is 3.97. The van der Waals surface area contributed by atoms with Crippen molar-refractivity contribution in [2.75, 3.05) is 0 Å². The summed E-state index contributed by atoms with van der Waals surface area (Å²) in [5.74, 6) is 0.326. The Balaban J connectivity index is 2.10. The average Bonchev–Trinajstić information content (AvgIpc) is 2.86. The van der Waals surface area contributed by atoms with Crippen LogP contribution in [0.1, 0.15) is 34.7 Å². The van der Waals surface area contributed by atoms with Crippen LogP contribution >= 0.6 is 0 Å². The number of aromatic hydroxyl groups is 1. The van der Waals surface area contributed by atoms with Gasteiger partial charge in [0, 0.05) is 5.56 Å². The van der Waals surface area contributed by atoms with Gasteiger partial charge in [-0.25, -0.2) is 0 Å². The number of carbonyl (C=O) groups excluding carboxylic acids is 1. The van der Waals surface area contributed by atoms with Gasteiger partial charge in [-0.1, -0.05) is 5.21 Å². The maximum absolute atomic E-state index is 11.9. The molecule has 1 heterocycles. The van der Waals surface area contributed by atoms with Gasteiger partial charge in [-0.05, 0) is 37.6 Å². The summed E-state index contributed by atoms with van der Waals surface area (Å²) in [7, 11) is 0. The number of phenolic OH excluding ortho intramolecular Hbond substituents is 1. The summed E-state index contributed by atoms with van der Waals surface area (Å²) in [5.41, 5.74) is 1.12. The summed E-state index contributed by atoms with van der Waals surface area (Å²) < 4.78 is 0. The smallest absolute Gasteiger partial charge is 0.251 e. The fourth-order valence-corrected chi connectivity index (χ4v) is 1.49. The molecule has 1 aromatic carbocycles. The van der Waals surface area contributed by atoms with Crippen molar-refractivity contribution in [1.29, 1.82) is 0 Å². The van der Waals surface area contributed by atoms with Crippen LogP contribution < -0.4 is 5.32 Å². The zero-order chi connectivity index (χ0) is 13.1. The molecule has 2 rings (SSSR count). The minimum atomic E-state index is -0.342. The van der Waals surface area contributed by atoms with Crippen LogP contribution in [-0.4, -0.2) is 31.6 Å². The SMILES string of the molecule is Cc1cc(C(=O)NC(C)c2nn[nH]n2)ccc1O. The molecule has 1 amide bonds. The van der Waals surface area contributed by atoms with E-state index in [2.05, 4.69) is 25.9 Å². The molecule has 94 valence electrons. The molecule has 1 unspecified atom stereocenters. The van der Waals surface area contributed by atoms with Gasteiger partial charge in [0.1, 0.15) is 5.75 Å². The predicted octanol–water partition coefficient (Wildman–Crippen LogP) is 0.705. The van der Waals surface area contributed by atoms with E-state index in [0.717, 1.165) is 0 Å². The van der Waals surface area contributed by atoms with Crippen LogP contribution in [0.5, 0.6) is 5.75 Å². The number of hydrogen-bond donors (Lipinski definition) is 3. The number of aryl methyl sites for hydroxylation is 1. The molecule has 18 heavy (non-hydrogen) atoms. The lowest BCUT2D eigenvalue weighted by Crippen LogP contribution is -2.27. The van der Waals surface area contributed by atoms with Crippen LogP contribution in [0.2, 0.25) is 0 Å². The van der Waals surface area contributed by atoms with E-state index in [0.29, 0.717) is 17.0 Å². The third kappa shape index (κ3) is 2.45. The standard InChI is InChI=1S/C11H13N5O2/c1-6-5-8(3-4-9(6)17)11(18)12-7(2)10-13-15-16-14-10/h3-5,7,17H,1-2H3,(H,12,18)(H,13,14,15,16). The van der Waals surface area contributed by atoms with Crippen molar-refractivity contribution in [1.82, 2.24) is 25.9 Å². The van der Waals surface area contributed by atoms with Gasteiger partial charge in [-0.2, -0.15) is 5.21 Å². The Morgan fingerprint density at radius 3 is 2.89 bits per heavy atom. The van der Waals surface area contributed by atoms with E-state index >= 15 is 0 Å². The van der Waals surface area contributed by atoms with Gasteiger partial charge < -0.3 is 10.4 Å². The van der Waals surface area contributed by atoms with Crippen LogP contribution in [0, 0.1) is 6.92 Å². The average molecular weight is 247 g/mol. The molecule has 0 aliphatic carbocycles. The monoisotopic (exact) mass is 247 g/mol. The molecule has 0 fully saturated rings. The van der Waals surface area contributed by atoms with E-state index < -0.39 is 0 Å². The third-order valence-electron chi connectivity index (χ3n) is 2.56. The lowest BCUT2D eigenvalue weighted by Gasteiger charge is -2.10. The molecule has 0 radical (unpaired) electrons. The van der Waals surface area contributed by atoms with Crippen molar-refractivity contribution in [2.24, 2.45) is 0 Å². The minimum absolute atomic E-state index is 0.165. The number of aromatic nitrogens is 4. The molecule has 2 aromatic rings. The second-order valence-electron chi connectivity index (χ2n) is 3.97. The number of H-pyrrole nitrogens is 1. The minimum Gasteiger partial charge on any atom is -0.508 e. The number of carbonyl (C=O) groups is 1. The predicted molar refractivity (Wildman–Crippen MR) is 62.9 cm³/mol. The van der Waals surface area contributed by atoms with Crippen molar-refractivity contribution in [3.05, 3.63) is 35.2 Å². The fraction of sp³-hybridized carbons (Fsp3) is 0.273. The topological polar surface area (TPSA) is 104 Å². The van der Waals surface area contributed by atoms with E-state index in [1.54, 1.807) is 26.0 Å². The number of tetrazole rings is 1. The van der Waals surface area contributed by atoms with Gasteiger partial charge in [-0.3, -0.25) is 4.79 Å². The van der Waals surface area contributed by atoms with Crippen molar-refractivity contribution in [3.63, 3.8) is 0 Å². The fourth-order valence-electron chi connectivity index (χ4n) is 1.49.